The van der Waals surface area contributed by atoms with Gasteiger partial charge in [-0.05, 0) is 19.9 Å². The van der Waals surface area contributed by atoms with Gasteiger partial charge in [-0.15, -0.1) is 0 Å². The van der Waals surface area contributed by atoms with Crippen molar-refractivity contribution in [1.82, 2.24) is 0 Å². The molecule has 0 atom stereocenters. The molecule has 0 spiro atoms. The van der Waals surface area contributed by atoms with Crippen molar-refractivity contribution in [2.75, 3.05) is 6.61 Å². The van der Waals surface area contributed by atoms with Crippen LogP contribution in [0.2, 0.25) is 0 Å². The standard InChI is InChI=1S/C12H11NO5/c1-3-17-12(14)11-7(2)9-6-8(13(15)16)4-5-10(9)18-11/h4-6H,3H2,1-2H3. The Bertz CT molecular complexity index is 629. The van der Waals surface area contributed by atoms with Crippen LogP contribution in [0.15, 0.2) is 22.6 Å². The Morgan fingerprint density at radius 3 is 2.83 bits per heavy atom. The van der Waals surface area contributed by atoms with E-state index in [1.807, 2.05) is 0 Å². The second-order valence-corrected chi connectivity index (χ2v) is 3.71. The number of furan rings is 1. The third-order valence-electron chi connectivity index (χ3n) is 2.59. The number of nitrogens with zero attached hydrogens (tertiary/aromatic N) is 1. The van der Waals surface area contributed by atoms with Crippen molar-refractivity contribution >= 4 is 22.6 Å². The van der Waals surface area contributed by atoms with Crippen LogP contribution < -0.4 is 0 Å². The van der Waals surface area contributed by atoms with Crippen LogP contribution >= 0.6 is 0 Å². The molecule has 6 nitrogen and oxygen atoms in total. The number of fused-ring (bicyclic) bond motifs is 1. The van der Waals surface area contributed by atoms with E-state index in [0.717, 1.165) is 0 Å². The van der Waals surface area contributed by atoms with E-state index >= 15 is 0 Å². The van der Waals surface area contributed by atoms with Gasteiger partial charge in [-0.1, -0.05) is 0 Å². The van der Waals surface area contributed by atoms with E-state index in [1.54, 1.807) is 13.8 Å². The summed E-state index contributed by atoms with van der Waals surface area (Å²) in [7, 11) is 0. The maximum absolute atomic E-state index is 11.6. The van der Waals surface area contributed by atoms with Crippen LogP contribution in [0.1, 0.15) is 23.0 Å². The van der Waals surface area contributed by atoms with Crippen LogP contribution in [-0.4, -0.2) is 17.5 Å². The highest BCUT2D eigenvalue weighted by Gasteiger charge is 2.20. The van der Waals surface area contributed by atoms with Crippen molar-refractivity contribution in [2.24, 2.45) is 0 Å². The Balaban J connectivity index is 2.56. The minimum absolute atomic E-state index is 0.0400. The number of benzene rings is 1. The molecule has 0 aliphatic heterocycles. The molecule has 0 amide bonds. The molecule has 0 N–H and O–H groups in total. The number of ether oxygens (including phenoxy) is 1. The molecular formula is C12H11NO5. The summed E-state index contributed by atoms with van der Waals surface area (Å²) in [5.74, 6) is -0.471. The second-order valence-electron chi connectivity index (χ2n) is 3.71. The van der Waals surface area contributed by atoms with Crippen molar-refractivity contribution in [3.8, 4) is 0 Å². The third-order valence-corrected chi connectivity index (χ3v) is 2.59. The first-order valence-corrected chi connectivity index (χ1v) is 5.39. The Labute approximate surface area is 102 Å². The third kappa shape index (κ3) is 1.92. The van der Waals surface area contributed by atoms with Gasteiger partial charge < -0.3 is 9.15 Å². The monoisotopic (exact) mass is 249 g/mol. The zero-order chi connectivity index (χ0) is 13.3. The molecule has 0 aliphatic rings. The molecule has 94 valence electrons. The van der Waals surface area contributed by atoms with Crippen LogP contribution in [0, 0.1) is 17.0 Å². The summed E-state index contributed by atoms with van der Waals surface area (Å²) >= 11 is 0. The molecule has 6 heteroatoms. The SMILES string of the molecule is CCOC(=O)c1oc2ccc([N+](=O)[O-])cc2c1C. The predicted octanol–water partition coefficient (Wildman–Crippen LogP) is 2.83. The van der Waals surface area contributed by atoms with E-state index in [4.69, 9.17) is 9.15 Å². The first-order chi connectivity index (χ1) is 8.54. The number of nitro benzene ring substituents is 1. The maximum atomic E-state index is 11.6. The maximum Gasteiger partial charge on any atom is 0.374 e. The van der Waals surface area contributed by atoms with Crippen molar-refractivity contribution < 1.29 is 18.9 Å². The lowest BCUT2D eigenvalue weighted by Crippen LogP contribution is -2.04. The fourth-order valence-corrected chi connectivity index (χ4v) is 1.71. The Kier molecular flexibility index (Phi) is 3.01. The molecule has 0 bridgehead atoms. The Morgan fingerprint density at radius 2 is 2.22 bits per heavy atom. The van der Waals surface area contributed by atoms with E-state index in [1.165, 1.54) is 18.2 Å². The van der Waals surface area contributed by atoms with E-state index in [9.17, 15) is 14.9 Å². The summed E-state index contributed by atoms with van der Waals surface area (Å²) in [5, 5.41) is 11.2. The summed E-state index contributed by atoms with van der Waals surface area (Å²) in [6, 6.07) is 4.19. The summed E-state index contributed by atoms with van der Waals surface area (Å²) < 4.78 is 10.2. The number of nitro groups is 1. The molecule has 0 fully saturated rings. The van der Waals surface area contributed by atoms with Crippen LogP contribution in [-0.2, 0) is 4.74 Å². The normalized spacial score (nSPS) is 10.6. The summed E-state index contributed by atoms with van der Waals surface area (Å²) in [6.45, 7) is 3.61. The topological polar surface area (TPSA) is 82.6 Å². The van der Waals surface area contributed by atoms with Gasteiger partial charge in [-0.3, -0.25) is 10.1 Å². The van der Waals surface area contributed by atoms with Gasteiger partial charge in [0, 0.05) is 23.1 Å². The molecule has 1 aromatic heterocycles. The predicted molar refractivity (Wildman–Crippen MR) is 63.6 cm³/mol. The molecule has 0 radical (unpaired) electrons. The smallest absolute Gasteiger partial charge is 0.374 e. The van der Waals surface area contributed by atoms with E-state index in [0.29, 0.717) is 16.5 Å². The fourth-order valence-electron chi connectivity index (χ4n) is 1.71. The van der Waals surface area contributed by atoms with E-state index in [-0.39, 0.29) is 18.1 Å². The van der Waals surface area contributed by atoms with Crippen molar-refractivity contribution in [3.05, 3.63) is 39.6 Å². The van der Waals surface area contributed by atoms with E-state index in [2.05, 4.69) is 0 Å². The number of aryl methyl sites for hydroxylation is 1. The minimum atomic E-state index is -0.561. The van der Waals surface area contributed by atoms with Crippen molar-refractivity contribution in [3.63, 3.8) is 0 Å². The number of esters is 1. The number of hydrogen-bond acceptors (Lipinski definition) is 5. The molecule has 1 aromatic carbocycles. The van der Waals surface area contributed by atoms with Gasteiger partial charge in [-0.2, -0.15) is 0 Å². The molecule has 1 heterocycles. The van der Waals surface area contributed by atoms with Gasteiger partial charge >= 0.3 is 5.97 Å². The molecule has 18 heavy (non-hydrogen) atoms. The van der Waals surface area contributed by atoms with Crippen LogP contribution in [0.25, 0.3) is 11.0 Å². The van der Waals surface area contributed by atoms with Gasteiger partial charge in [0.1, 0.15) is 5.58 Å². The second kappa shape index (κ2) is 4.48. The van der Waals surface area contributed by atoms with Crippen LogP contribution in [0.4, 0.5) is 5.69 Å². The summed E-state index contributed by atoms with van der Waals surface area (Å²) in [4.78, 5) is 21.8. The van der Waals surface area contributed by atoms with Crippen LogP contribution in [0.5, 0.6) is 0 Å². The molecule has 0 saturated heterocycles. The van der Waals surface area contributed by atoms with Crippen molar-refractivity contribution in [1.29, 1.82) is 0 Å². The molecular weight excluding hydrogens is 238 g/mol. The molecule has 0 unspecified atom stereocenters. The van der Waals surface area contributed by atoms with Crippen LogP contribution in [0.3, 0.4) is 0 Å². The van der Waals surface area contributed by atoms with Gasteiger partial charge in [0.05, 0.1) is 11.5 Å². The van der Waals surface area contributed by atoms with Crippen molar-refractivity contribution in [2.45, 2.75) is 13.8 Å². The molecule has 0 aliphatic carbocycles. The van der Waals surface area contributed by atoms with E-state index < -0.39 is 10.9 Å². The quantitative estimate of drug-likeness (QED) is 0.474. The lowest BCUT2D eigenvalue weighted by atomic mass is 10.1. The lowest BCUT2D eigenvalue weighted by molar-refractivity contribution is -0.384. The van der Waals surface area contributed by atoms with Gasteiger partial charge in [0.15, 0.2) is 0 Å². The Hall–Kier alpha value is -2.37. The number of carbonyl (C=O) groups is 1. The zero-order valence-electron chi connectivity index (χ0n) is 9.93. The largest absolute Gasteiger partial charge is 0.460 e. The highest BCUT2D eigenvalue weighted by atomic mass is 16.6. The lowest BCUT2D eigenvalue weighted by Gasteiger charge is -1.97. The Morgan fingerprint density at radius 1 is 1.50 bits per heavy atom. The minimum Gasteiger partial charge on any atom is -0.460 e. The van der Waals surface area contributed by atoms with Gasteiger partial charge in [0.2, 0.25) is 5.76 Å². The molecule has 2 aromatic rings. The van der Waals surface area contributed by atoms with Gasteiger partial charge in [-0.25, -0.2) is 4.79 Å². The first-order valence-electron chi connectivity index (χ1n) is 5.39. The number of non-ortho nitro benzene ring substituents is 1. The summed E-state index contributed by atoms with van der Waals surface area (Å²) in [5.41, 5.74) is 0.940. The number of carbonyl (C=O) groups excluding carboxylic acids is 1. The highest BCUT2D eigenvalue weighted by molar-refractivity contribution is 5.96. The molecule has 0 saturated carbocycles. The van der Waals surface area contributed by atoms with Gasteiger partial charge in [0.25, 0.3) is 5.69 Å². The number of hydrogen-bond donors (Lipinski definition) is 0. The molecule has 2 rings (SSSR count). The average Bonchev–Trinajstić information content (AvgIpc) is 2.67. The highest BCUT2D eigenvalue weighted by Crippen LogP contribution is 2.29. The first kappa shape index (κ1) is 12.1. The zero-order valence-corrected chi connectivity index (χ0v) is 9.93. The average molecular weight is 249 g/mol. The number of rotatable bonds is 3. The fraction of sp³-hybridized carbons (Fsp3) is 0.250. The summed E-state index contributed by atoms with van der Waals surface area (Å²) in [6.07, 6.45) is 0.